The lowest BCUT2D eigenvalue weighted by Crippen LogP contribution is -2.50. The van der Waals surface area contributed by atoms with Gasteiger partial charge in [-0.3, -0.25) is 19.2 Å². The van der Waals surface area contributed by atoms with Crippen molar-refractivity contribution in [1.82, 2.24) is 9.47 Å². The van der Waals surface area contributed by atoms with Gasteiger partial charge in [0.25, 0.3) is 11.7 Å². The molecule has 1 saturated heterocycles. The maximum Gasteiger partial charge on any atom is 0.325 e. The van der Waals surface area contributed by atoms with Gasteiger partial charge in [0.1, 0.15) is 12.3 Å². The molecule has 44 heavy (non-hydrogen) atoms. The number of esters is 1. The summed E-state index contributed by atoms with van der Waals surface area (Å²) in [5, 5.41) is 3.27. The summed E-state index contributed by atoms with van der Waals surface area (Å²) < 4.78 is 11.9. The number of nitrogens with zero attached hydrogens (tertiary/aromatic N) is 3. The lowest BCUT2D eigenvalue weighted by molar-refractivity contribution is -0.143. The Bertz CT molecular complexity index is 1690. The van der Waals surface area contributed by atoms with Crippen LogP contribution in [0.1, 0.15) is 22.8 Å². The van der Waals surface area contributed by atoms with E-state index in [1.807, 2.05) is 54.6 Å². The molecule has 1 aliphatic rings. The number of hydrogen-bond acceptors (Lipinski definition) is 7. The van der Waals surface area contributed by atoms with Gasteiger partial charge < -0.3 is 29.2 Å². The van der Waals surface area contributed by atoms with Gasteiger partial charge in [0.05, 0.1) is 19.3 Å². The molecule has 1 aliphatic heterocycles. The molecule has 10 heteroatoms. The van der Waals surface area contributed by atoms with Crippen molar-refractivity contribution < 1.29 is 28.7 Å². The molecule has 2 amide bonds. The lowest BCUT2D eigenvalue weighted by Gasteiger charge is -2.35. The number of Topliss-reactive ketones (excluding diaryl/α,β-unsaturated/α-hetero) is 1. The van der Waals surface area contributed by atoms with E-state index in [1.165, 1.54) is 12.3 Å². The summed E-state index contributed by atoms with van der Waals surface area (Å²) in [6, 6.07) is 22.2. The molecule has 1 fully saturated rings. The molecule has 0 aliphatic carbocycles. The highest BCUT2D eigenvalue weighted by Gasteiger charge is 2.29. The number of benzene rings is 3. The summed E-state index contributed by atoms with van der Waals surface area (Å²) >= 11 is 0. The number of aromatic nitrogens is 1. The standard InChI is InChI=1S/C34H34N4O6/c1-3-44-32(40)23-38-22-29(28-21-25(10-15-30(28)38)35-31(39)16-9-24-7-5-4-6-8-24)33(41)34(42)37-19-17-36(18-20-37)26-11-13-27(43-2)14-12-26/h4-16,21-22H,3,17-20,23H2,1-2H3,(H,35,39)/b16-9+. The molecule has 2 heterocycles. The smallest absolute Gasteiger partial charge is 0.325 e. The number of hydrogen-bond donors (Lipinski definition) is 1. The van der Waals surface area contributed by atoms with Crippen LogP contribution >= 0.6 is 0 Å². The van der Waals surface area contributed by atoms with E-state index < -0.39 is 17.7 Å². The minimum absolute atomic E-state index is 0.127. The largest absolute Gasteiger partial charge is 0.497 e. The van der Waals surface area contributed by atoms with Crippen molar-refractivity contribution in [3.05, 3.63) is 96.2 Å². The van der Waals surface area contributed by atoms with Gasteiger partial charge in [0, 0.05) is 60.7 Å². The van der Waals surface area contributed by atoms with Crippen LogP contribution < -0.4 is 15.0 Å². The summed E-state index contributed by atoms with van der Waals surface area (Å²) in [5.74, 6) is -1.34. The minimum Gasteiger partial charge on any atom is -0.497 e. The Morgan fingerprint density at radius 2 is 1.64 bits per heavy atom. The number of carbonyl (C=O) groups is 4. The van der Waals surface area contributed by atoms with Crippen molar-refractivity contribution in [1.29, 1.82) is 0 Å². The number of carbonyl (C=O) groups excluding carboxylic acids is 4. The molecule has 5 rings (SSSR count). The first-order valence-electron chi connectivity index (χ1n) is 14.4. The second-order valence-electron chi connectivity index (χ2n) is 10.2. The summed E-state index contributed by atoms with van der Waals surface area (Å²) in [6.07, 6.45) is 4.63. The highest BCUT2D eigenvalue weighted by atomic mass is 16.5. The Balaban J connectivity index is 1.35. The summed E-state index contributed by atoms with van der Waals surface area (Å²) in [7, 11) is 1.62. The number of ketones is 1. The van der Waals surface area contributed by atoms with Crippen LogP contribution in [0.4, 0.5) is 11.4 Å². The second kappa shape index (κ2) is 13.7. The average Bonchev–Trinajstić information content (AvgIpc) is 3.40. The number of fused-ring (bicyclic) bond motifs is 1. The fraction of sp³-hybridized carbons (Fsp3) is 0.235. The first-order valence-corrected chi connectivity index (χ1v) is 14.4. The zero-order valence-electron chi connectivity index (χ0n) is 24.7. The van der Waals surface area contributed by atoms with Gasteiger partial charge >= 0.3 is 5.97 Å². The number of methoxy groups -OCH3 is 1. The molecule has 10 nitrogen and oxygen atoms in total. The van der Waals surface area contributed by atoms with Crippen LogP contribution in [-0.2, 0) is 25.7 Å². The highest BCUT2D eigenvalue weighted by Crippen LogP contribution is 2.27. The summed E-state index contributed by atoms with van der Waals surface area (Å²) in [5.41, 5.74) is 3.06. The summed E-state index contributed by atoms with van der Waals surface area (Å²) in [6.45, 7) is 3.72. The first kappa shape index (κ1) is 30.1. The monoisotopic (exact) mass is 594 g/mol. The van der Waals surface area contributed by atoms with E-state index in [-0.39, 0.29) is 24.6 Å². The Labute approximate surface area is 255 Å². The van der Waals surface area contributed by atoms with Gasteiger partial charge in [-0.15, -0.1) is 0 Å². The zero-order chi connectivity index (χ0) is 31.1. The van der Waals surface area contributed by atoms with Gasteiger partial charge in [-0.2, -0.15) is 0 Å². The Morgan fingerprint density at radius 3 is 2.32 bits per heavy atom. The first-order chi connectivity index (χ1) is 21.4. The molecule has 1 N–H and O–H groups in total. The molecule has 0 saturated carbocycles. The molecule has 0 bridgehead atoms. The van der Waals surface area contributed by atoms with E-state index in [2.05, 4.69) is 10.2 Å². The fourth-order valence-electron chi connectivity index (χ4n) is 5.17. The van der Waals surface area contributed by atoms with Crippen molar-refractivity contribution in [2.24, 2.45) is 0 Å². The van der Waals surface area contributed by atoms with Crippen LogP contribution in [-0.4, -0.2) is 72.9 Å². The van der Waals surface area contributed by atoms with Crippen LogP contribution in [0.5, 0.6) is 5.75 Å². The van der Waals surface area contributed by atoms with E-state index in [1.54, 1.807) is 47.8 Å². The zero-order valence-corrected chi connectivity index (χ0v) is 24.7. The predicted molar refractivity (Wildman–Crippen MR) is 169 cm³/mol. The van der Waals surface area contributed by atoms with Crippen LogP contribution in [0.3, 0.4) is 0 Å². The van der Waals surface area contributed by atoms with Gasteiger partial charge in [-0.25, -0.2) is 0 Å². The third kappa shape index (κ3) is 6.97. The average molecular weight is 595 g/mol. The van der Waals surface area contributed by atoms with Crippen LogP contribution in [0, 0.1) is 0 Å². The molecule has 4 aromatic rings. The van der Waals surface area contributed by atoms with Crippen LogP contribution in [0.15, 0.2) is 85.1 Å². The molecule has 3 aromatic carbocycles. The van der Waals surface area contributed by atoms with E-state index in [0.717, 1.165) is 17.0 Å². The van der Waals surface area contributed by atoms with Crippen LogP contribution in [0.25, 0.3) is 17.0 Å². The van der Waals surface area contributed by atoms with Gasteiger partial charge in [-0.1, -0.05) is 30.3 Å². The van der Waals surface area contributed by atoms with Crippen molar-refractivity contribution in [2.45, 2.75) is 13.5 Å². The minimum atomic E-state index is -0.678. The quantitative estimate of drug-likeness (QED) is 0.125. The molecule has 0 atom stereocenters. The number of piperazine rings is 1. The third-order valence-electron chi connectivity index (χ3n) is 7.42. The maximum atomic E-state index is 13.7. The van der Waals surface area contributed by atoms with Gasteiger partial charge in [0.2, 0.25) is 5.91 Å². The molecule has 226 valence electrons. The highest BCUT2D eigenvalue weighted by molar-refractivity contribution is 6.45. The van der Waals surface area contributed by atoms with E-state index in [9.17, 15) is 19.2 Å². The Hall–Kier alpha value is -5.38. The second-order valence-corrected chi connectivity index (χ2v) is 10.2. The van der Waals surface area contributed by atoms with Gasteiger partial charge in [0.15, 0.2) is 0 Å². The van der Waals surface area contributed by atoms with Crippen molar-refractivity contribution >= 4 is 51.9 Å². The molecule has 0 radical (unpaired) electrons. The number of ether oxygens (including phenoxy) is 2. The number of anilines is 2. The lowest BCUT2D eigenvalue weighted by atomic mass is 10.1. The maximum absolute atomic E-state index is 13.7. The molecular formula is C34H34N4O6. The number of nitrogens with one attached hydrogen (secondary N) is 1. The SMILES string of the molecule is CCOC(=O)Cn1cc(C(=O)C(=O)N2CCN(c3ccc(OC)cc3)CC2)c2cc(NC(=O)/C=C/c3ccccc3)ccc21. The fourth-order valence-corrected chi connectivity index (χ4v) is 5.17. The van der Waals surface area contributed by atoms with E-state index >= 15 is 0 Å². The third-order valence-corrected chi connectivity index (χ3v) is 7.42. The normalized spacial score (nSPS) is 13.2. The summed E-state index contributed by atoms with van der Waals surface area (Å²) in [4.78, 5) is 55.8. The molecular weight excluding hydrogens is 560 g/mol. The van der Waals surface area contributed by atoms with E-state index in [0.29, 0.717) is 42.8 Å². The van der Waals surface area contributed by atoms with Crippen molar-refractivity contribution in [3.63, 3.8) is 0 Å². The predicted octanol–water partition coefficient (Wildman–Crippen LogP) is 4.40. The van der Waals surface area contributed by atoms with Gasteiger partial charge in [-0.05, 0) is 61.0 Å². The van der Waals surface area contributed by atoms with Crippen LogP contribution in [0.2, 0.25) is 0 Å². The Morgan fingerprint density at radius 1 is 0.909 bits per heavy atom. The van der Waals surface area contributed by atoms with E-state index in [4.69, 9.17) is 9.47 Å². The molecule has 1 aromatic heterocycles. The molecule has 0 spiro atoms. The van der Waals surface area contributed by atoms with Crippen molar-refractivity contribution in [3.8, 4) is 5.75 Å². The van der Waals surface area contributed by atoms with Crippen molar-refractivity contribution in [2.75, 3.05) is 50.1 Å². The Kier molecular flexibility index (Phi) is 9.39. The number of rotatable bonds is 10. The molecule has 0 unspecified atom stereocenters. The topological polar surface area (TPSA) is 110 Å². The number of amides is 2.